The number of H-pyrrole nitrogens is 1. The van der Waals surface area contributed by atoms with Crippen LogP contribution in [-0.2, 0) is 4.79 Å². The van der Waals surface area contributed by atoms with Gasteiger partial charge in [-0.15, -0.1) is 11.8 Å². The summed E-state index contributed by atoms with van der Waals surface area (Å²) in [6, 6.07) is 7.54. The number of hydrogen-bond acceptors (Lipinski definition) is 3. The molecule has 2 heterocycles. The zero-order valence-electron chi connectivity index (χ0n) is 13.6. The van der Waals surface area contributed by atoms with E-state index in [1.54, 1.807) is 4.68 Å². The first kappa shape index (κ1) is 17.2. The second-order valence-corrected chi connectivity index (χ2v) is 7.53. The molecule has 0 aliphatic carbocycles. The first-order valence-electron chi connectivity index (χ1n) is 8.02. The summed E-state index contributed by atoms with van der Waals surface area (Å²) in [7, 11) is 0. The van der Waals surface area contributed by atoms with E-state index in [0.717, 1.165) is 18.4 Å². The van der Waals surface area contributed by atoms with Crippen LogP contribution in [-0.4, -0.2) is 21.4 Å². The number of aromatic amines is 1. The van der Waals surface area contributed by atoms with E-state index in [2.05, 4.69) is 17.3 Å². The van der Waals surface area contributed by atoms with E-state index < -0.39 is 0 Å². The molecule has 1 aliphatic rings. The Morgan fingerprint density at radius 1 is 1.33 bits per heavy atom. The zero-order chi connectivity index (χ0) is 17.3. The van der Waals surface area contributed by atoms with Crippen LogP contribution in [0.3, 0.4) is 0 Å². The van der Waals surface area contributed by atoms with Crippen LogP contribution in [0.4, 0.5) is 5.82 Å². The third kappa shape index (κ3) is 3.26. The normalized spacial score (nSPS) is 18.6. The fraction of sp³-hybridized carbons (Fsp3) is 0.412. The van der Waals surface area contributed by atoms with Gasteiger partial charge in [-0.1, -0.05) is 37.1 Å². The predicted molar refractivity (Wildman–Crippen MR) is 99.1 cm³/mol. The van der Waals surface area contributed by atoms with Gasteiger partial charge in [0.15, 0.2) is 0 Å². The van der Waals surface area contributed by atoms with E-state index >= 15 is 0 Å². The fourth-order valence-corrected chi connectivity index (χ4v) is 4.27. The summed E-state index contributed by atoms with van der Waals surface area (Å²) >= 11 is 7.43. The van der Waals surface area contributed by atoms with Crippen molar-refractivity contribution in [2.24, 2.45) is 0 Å². The highest BCUT2D eigenvalue weighted by Crippen LogP contribution is 2.40. The number of aromatic nitrogens is 2. The Labute approximate surface area is 149 Å². The average molecular weight is 366 g/mol. The lowest BCUT2D eigenvalue weighted by atomic mass is 10.1. The van der Waals surface area contributed by atoms with Gasteiger partial charge in [0.05, 0.1) is 16.6 Å². The number of nitrogens with zero attached hydrogens (tertiary/aromatic N) is 1. The summed E-state index contributed by atoms with van der Waals surface area (Å²) in [6.07, 6.45) is 1.92. The lowest BCUT2D eigenvalue weighted by Crippen LogP contribution is -2.18. The highest BCUT2D eigenvalue weighted by Gasteiger charge is 2.31. The van der Waals surface area contributed by atoms with Gasteiger partial charge in [0, 0.05) is 11.1 Å². The van der Waals surface area contributed by atoms with Gasteiger partial charge in [0.1, 0.15) is 5.82 Å². The van der Waals surface area contributed by atoms with Crippen molar-refractivity contribution in [3.8, 4) is 0 Å². The van der Waals surface area contributed by atoms with Gasteiger partial charge < -0.3 is 5.32 Å². The summed E-state index contributed by atoms with van der Waals surface area (Å²) in [6.45, 7) is 4.14. The number of halogens is 1. The molecule has 24 heavy (non-hydrogen) atoms. The van der Waals surface area contributed by atoms with Crippen LogP contribution in [0.5, 0.6) is 0 Å². The van der Waals surface area contributed by atoms with Crippen molar-refractivity contribution in [2.45, 2.75) is 38.0 Å². The maximum absolute atomic E-state index is 12.6. The van der Waals surface area contributed by atoms with E-state index in [1.807, 2.05) is 31.2 Å². The Balaban J connectivity index is 2.11. The van der Waals surface area contributed by atoms with Gasteiger partial charge in [-0.3, -0.25) is 19.4 Å². The molecule has 3 rings (SSSR count). The van der Waals surface area contributed by atoms with Crippen LogP contribution in [0.15, 0.2) is 29.1 Å². The molecule has 1 aliphatic heterocycles. The number of nitrogens with one attached hydrogen (secondary N) is 2. The third-order valence-electron chi connectivity index (χ3n) is 4.18. The Morgan fingerprint density at radius 2 is 2.04 bits per heavy atom. The molecule has 1 aromatic heterocycles. The molecular weight excluding hydrogens is 346 g/mol. The van der Waals surface area contributed by atoms with Gasteiger partial charge in [0.2, 0.25) is 5.91 Å². The van der Waals surface area contributed by atoms with Crippen LogP contribution < -0.4 is 10.9 Å². The van der Waals surface area contributed by atoms with Gasteiger partial charge in [-0.2, -0.15) is 0 Å². The van der Waals surface area contributed by atoms with Gasteiger partial charge >= 0.3 is 0 Å². The number of anilines is 1. The summed E-state index contributed by atoms with van der Waals surface area (Å²) in [4.78, 5) is 24.8. The Morgan fingerprint density at radius 3 is 2.71 bits per heavy atom. The summed E-state index contributed by atoms with van der Waals surface area (Å²) in [5, 5.41) is 6.26. The van der Waals surface area contributed by atoms with Crippen molar-refractivity contribution in [3.05, 3.63) is 50.8 Å². The molecule has 0 bridgehead atoms. The summed E-state index contributed by atoms with van der Waals surface area (Å²) < 4.78 is 1.80. The molecule has 7 heteroatoms. The van der Waals surface area contributed by atoms with Crippen molar-refractivity contribution in [2.75, 3.05) is 11.1 Å². The maximum Gasteiger partial charge on any atom is 0.270 e. The minimum absolute atomic E-state index is 0.0887. The monoisotopic (exact) mass is 365 g/mol. The van der Waals surface area contributed by atoms with Gasteiger partial charge in [-0.05, 0) is 31.0 Å². The smallest absolute Gasteiger partial charge is 0.270 e. The third-order valence-corrected chi connectivity index (χ3v) is 5.71. The van der Waals surface area contributed by atoms with Crippen LogP contribution in [0.1, 0.15) is 49.1 Å². The van der Waals surface area contributed by atoms with Crippen molar-refractivity contribution in [1.82, 2.24) is 9.78 Å². The number of rotatable bonds is 4. The molecule has 1 aromatic carbocycles. The van der Waals surface area contributed by atoms with Crippen LogP contribution >= 0.6 is 23.4 Å². The molecule has 1 amide bonds. The quantitative estimate of drug-likeness (QED) is 0.861. The second-order valence-electron chi connectivity index (χ2n) is 6.00. The van der Waals surface area contributed by atoms with Crippen LogP contribution in [0.25, 0.3) is 0 Å². The molecule has 5 nitrogen and oxygen atoms in total. The molecule has 0 fully saturated rings. The Hall–Kier alpha value is -1.66. The highest BCUT2D eigenvalue weighted by molar-refractivity contribution is 8.00. The lowest BCUT2D eigenvalue weighted by Gasteiger charge is -2.17. The predicted octanol–water partition coefficient (Wildman–Crippen LogP) is 3.97. The van der Waals surface area contributed by atoms with E-state index in [-0.39, 0.29) is 22.8 Å². The fourth-order valence-electron chi connectivity index (χ4n) is 3.02. The SMILES string of the molecule is CCC[C@@H](C)n1[nH]c(=O)c2c1NC(=O)CS[C@H]2c1ccc(Cl)cc1. The molecule has 0 spiro atoms. The van der Waals surface area contributed by atoms with Crippen LogP contribution in [0.2, 0.25) is 5.02 Å². The van der Waals surface area contributed by atoms with Gasteiger partial charge in [0.25, 0.3) is 5.56 Å². The largest absolute Gasteiger partial charge is 0.310 e. The molecule has 2 N–H and O–H groups in total. The molecule has 0 saturated carbocycles. The first-order chi connectivity index (χ1) is 11.5. The molecule has 0 radical (unpaired) electrons. The van der Waals surface area contributed by atoms with Crippen molar-refractivity contribution in [1.29, 1.82) is 0 Å². The topological polar surface area (TPSA) is 66.9 Å². The maximum atomic E-state index is 12.6. The van der Waals surface area contributed by atoms with Crippen molar-refractivity contribution >= 4 is 35.1 Å². The number of hydrogen-bond donors (Lipinski definition) is 2. The molecule has 2 aromatic rings. The minimum atomic E-state index is -0.199. The van der Waals surface area contributed by atoms with Gasteiger partial charge in [-0.25, -0.2) is 0 Å². The minimum Gasteiger partial charge on any atom is -0.310 e. The van der Waals surface area contributed by atoms with Crippen molar-refractivity contribution in [3.63, 3.8) is 0 Å². The molecule has 2 atom stereocenters. The number of carbonyl (C=O) groups excluding carboxylic acids is 1. The lowest BCUT2D eigenvalue weighted by molar-refractivity contribution is -0.113. The van der Waals surface area contributed by atoms with Crippen LogP contribution in [0, 0.1) is 0 Å². The molecule has 0 unspecified atom stereocenters. The van der Waals surface area contributed by atoms with Crippen molar-refractivity contribution < 1.29 is 4.79 Å². The zero-order valence-corrected chi connectivity index (χ0v) is 15.2. The van der Waals surface area contributed by atoms with E-state index in [0.29, 0.717) is 22.2 Å². The molecular formula is C17H20ClN3O2S. The molecule has 128 valence electrons. The molecule has 0 saturated heterocycles. The van der Waals surface area contributed by atoms with E-state index in [4.69, 9.17) is 11.6 Å². The number of benzene rings is 1. The number of carbonyl (C=O) groups is 1. The standard InChI is InChI=1S/C17H20ClN3O2S/c1-3-4-10(2)21-16-14(17(23)20-21)15(24-9-13(22)19-16)11-5-7-12(18)8-6-11/h5-8,10,15H,3-4,9H2,1-2H3,(H,19,22)(H,20,23)/t10-,15+/m1/s1. The number of fused-ring (bicyclic) bond motifs is 1. The number of amides is 1. The van der Waals surface area contributed by atoms with E-state index in [9.17, 15) is 9.59 Å². The summed E-state index contributed by atoms with van der Waals surface area (Å²) in [5.41, 5.74) is 1.42. The Bertz CT molecular complexity index is 797. The Kier molecular flexibility index (Phi) is 5.06. The average Bonchev–Trinajstić information content (AvgIpc) is 2.75. The number of thioether (sulfide) groups is 1. The highest BCUT2D eigenvalue weighted by atomic mass is 35.5. The first-order valence-corrected chi connectivity index (χ1v) is 9.45. The summed E-state index contributed by atoms with van der Waals surface area (Å²) in [5.74, 6) is 0.814. The van der Waals surface area contributed by atoms with E-state index in [1.165, 1.54) is 11.8 Å². The second kappa shape index (κ2) is 7.07.